The van der Waals surface area contributed by atoms with Gasteiger partial charge in [-0.15, -0.1) is 11.3 Å². The zero-order chi connectivity index (χ0) is 20.9. The Morgan fingerprint density at radius 3 is 2.62 bits per heavy atom. The van der Waals surface area contributed by atoms with Crippen LogP contribution in [-0.2, 0) is 4.79 Å². The minimum Gasteiger partial charge on any atom is -0.503 e. The summed E-state index contributed by atoms with van der Waals surface area (Å²) in [5, 5.41) is 12.0. The number of aromatic nitrogens is 1. The quantitative estimate of drug-likeness (QED) is 0.584. The van der Waals surface area contributed by atoms with Crippen molar-refractivity contribution in [3.05, 3.63) is 79.9 Å². The van der Waals surface area contributed by atoms with Crippen LogP contribution in [0.3, 0.4) is 0 Å². The summed E-state index contributed by atoms with van der Waals surface area (Å²) in [5.41, 5.74) is 1.80. The van der Waals surface area contributed by atoms with Crippen LogP contribution in [0.25, 0.3) is 0 Å². The number of benzene rings is 1. The van der Waals surface area contributed by atoms with Gasteiger partial charge in [-0.25, -0.2) is 4.98 Å². The highest BCUT2D eigenvalue weighted by molar-refractivity contribution is 7.14. The molecule has 1 aliphatic rings. The van der Waals surface area contributed by atoms with Gasteiger partial charge in [0.2, 0.25) is 5.78 Å². The van der Waals surface area contributed by atoms with Gasteiger partial charge in [-0.3, -0.25) is 14.5 Å². The van der Waals surface area contributed by atoms with E-state index in [1.165, 1.54) is 22.5 Å². The minimum absolute atomic E-state index is 0.0222. The maximum atomic E-state index is 13.4. The number of amides is 1. The van der Waals surface area contributed by atoms with E-state index in [9.17, 15) is 14.7 Å². The highest BCUT2D eigenvalue weighted by Crippen LogP contribution is 2.44. The number of anilines is 1. The van der Waals surface area contributed by atoms with Gasteiger partial charge >= 0.3 is 0 Å². The number of furan rings is 1. The van der Waals surface area contributed by atoms with Gasteiger partial charge < -0.3 is 9.52 Å². The predicted molar refractivity (Wildman–Crippen MR) is 111 cm³/mol. The van der Waals surface area contributed by atoms with E-state index in [4.69, 9.17) is 16.0 Å². The normalized spacial score (nSPS) is 16.8. The number of hydrogen-bond acceptors (Lipinski definition) is 6. The van der Waals surface area contributed by atoms with Crippen molar-refractivity contribution in [3.63, 3.8) is 0 Å². The number of aliphatic hydroxyl groups excluding tert-OH is 1. The summed E-state index contributed by atoms with van der Waals surface area (Å²) in [4.78, 5) is 32.5. The van der Waals surface area contributed by atoms with Crippen LogP contribution in [0.2, 0.25) is 5.02 Å². The van der Waals surface area contributed by atoms with E-state index in [0.29, 0.717) is 27.0 Å². The fourth-order valence-corrected chi connectivity index (χ4v) is 4.66. The summed E-state index contributed by atoms with van der Waals surface area (Å²) < 4.78 is 5.55. The molecule has 3 heterocycles. The Balaban J connectivity index is 1.89. The van der Waals surface area contributed by atoms with Gasteiger partial charge in [0, 0.05) is 10.7 Å². The maximum Gasteiger partial charge on any atom is 0.294 e. The van der Waals surface area contributed by atoms with Crippen LogP contribution in [-0.4, -0.2) is 21.8 Å². The molecule has 0 bridgehead atoms. The lowest BCUT2D eigenvalue weighted by atomic mass is 9.99. The van der Waals surface area contributed by atoms with E-state index in [2.05, 4.69) is 4.98 Å². The zero-order valence-electron chi connectivity index (χ0n) is 15.9. The van der Waals surface area contributed by atoms with Crippen molar-refractivity contribution in [1.29, 1.82) is 0 Å². The zero-order valence-corrected chi connectivity index (χ0v) is 17.5. The lowest BCUT2D eigenvalue weighted by molar-refractivity contribution is -0.117. The van der Waals surface area contributed by atoms with Gasteiger partial charge in [-0.2, -0.15) is 0 Å². The van der Waals surface area contributed by atoms with Crippen LogP contribution >= 0.6 is 22.9 Å². The summed E-state index contributed by atoms with van der Waals surface area (Å²) in [6, 6.07) is 7.51. The molecule has 1 aromatic carbocycles. The molecule has 3 aromatic rings. The molecule has 0 saturated carbocycles. The molecule has 1 N–H and O–H groups in total. The van der Waals surface area contributed by atoms with E-state index in [1.54, 1.807) is 51.1 Å². The largest absolute Gasteiger partial charge is 0.503 e. The fraction of sp³-hybridized carbons (Fsp3) is 0.190. The maximum absolute atomic E-state index is 13.4. The summed E-state index contributed by atoms with van der Waals surface area (Å²) >= 11 is 7.29. The van der Waals surface area contributed by atoms with Crippen LogP contribution in [0.5, 0.6) is 0 Å². The fourth-order valence-electron chi connectivity index (χ4n) is 3.56. The number of Topliss-reactive ketones (excluding diaryl/α,β-unsaturated/α-hetero) is 1. The van der Waals surface area contributed by atoms with Crippen LogP contribution in [0.1, 0.15) is 37.7 Å². The minimum atomic E-state index is -0.897. The Morgan fingerprint density at radius 2 is 2.03 bits per heavy atom. The van der Waals surface area contributed by atoms with Gasteiger partial charge in [0.05, 0.1) is 27.4 Å². The monoisotopic (exact) mass is 428 g/mol. The Labute approximate surface area is 176 Å². The van der Waals surface area contributed by atoms with Gasteiger partial charge in [0.25, 0.3) is 5.91 Å². The van der Waals surface area contributed by atoms with Gasteiger partial charge in [-0.05, 0) is 56.7 Å². The van der Waals surface area contributed by atoms with E-state index in [1.807, 2.05) is 0 Å². The molecule has 148 valence electrons. The number of rotatable bonds is 4. The van der Waals surface area contributed by atoms with Gasteiger partial charge in [-0.1, -0.05) is 11.6 Å². The van der Waals surface area contributed by atoms with Crippen molar-refractivity contribution in [2.24, 2.45) is 0 Å². The van der Waals surface area contributed by atoms with Gasteiger partial charge in [0.1, 0.15) is 11.8 Å². The molecule has 2 aromatic heterocycles. The molecule has 0 fully saturated rings. The molecule has 6 nitrogen and oxygen atoms in total. The number of ketones is 1. The Hall–Kier alpha value is -2.90. The lowest BCUT2D eigenvalue weighted by Crippen LogP contribution is -2.31. The van der Waals surface area contributed by atoms with Crippen LogP contribution in [0.15, 0.2) is 52.3 Å². The highest BCUT2D eigenvalue weighted by Gasteiger charge is 2.47. The topological polar surface area (TPSA) is 83.6 Å². The average Bonchev–Trinajstić information content (AvgIpc) is 3.35. The molecule has 1 unspecified atom stereocenters. The Kier molecular flexibility index (Phi) is 4.80. The summed E-state index contributed by atoms with van der Waals surface area (Å²) in [7, 11) is 0. The lowest BCUT2D eigenvalue weighted by Gasteiger charge is -2.26. The molecule has 0 radical (unpaired) electrons. The van der Waals surface area contributed by atoms with Crippen molar-refractivity contribution < 1.29 is 19.1 Å². The van der Waals surface area contributed by atoms with Crippen LogP contribution < -0.4 is 4.90 Å². The van der Waals surface area contributed by atoms with Crippen molar-refractivity contribution in [2.75, 3.05) is 4.90 Å². The third-order valence-corrected chi connectivity index (χ3v) is 6.10. The highest BCUT2D eigenvalue weighted by atomic mass is 35.5. The third kappa shape index (κ3) is 3.16. The number of aliphatic hydroxyl groups is 1. The third-order valence-electron chi connectivity index (χ3n) is 4.79. The van der Waals surface area contributed by atoms with Crippen molar-refractivity contribution in [2.45, 2.75) is 26.8 Å². The standard InChI is InChI=1S/C21H17ClN2O4S/c1-10-9-13(22)6-7-14(10)24-17(15-5-4-8-28-15)16(19(26)21(24)27)18(25)20-11(2)23-12(3)29-20/h4-9,17,26H,1-3H3. The number of halogens is 1. The SMILES string of the molecule is Cc1nc(C)c(C(=O)C2=C(O)C(=O)N(c3ccc(Cl)cc3C)C2c2ccco2)s1. The molecule has 1 atom stereocenters. The van der Waals surface area contributed by atoms with Crippen LogP contribution in [0, 0.1) is 20.8 Å². The Bertz CT molecular complexity index is 1160. The number of aryl methyl sites for hydroxylation is 3. The molecule has 29 heavy (non-hydrogen) atoms. The number of carbonyl (C=O) groups excluding carboxylic acids is 2. The van der Waals surface area contributed by atoms with Crippen LogP contribution in [0.4, 0.5) is 5.69 Å². The summed E-state index contributed by atoms with van der Waals surface area (Å²) in [6.45, 7) is 5.34. The summed E-state index contributed by atoms with van der Waals surface area (Å²) in [5.74, 6) is -1.32. The summed E-state index contributed by atoms with van der Waals surface area (Å²) in [6.07, 6.45) is 1.46. The second-order valence-electron chi connectivity index (χ2n) is 6.76. The Morgan fingerprint density at radius 1 is 1.28 bits per heavy atom. The number of carbonyl (C=O) groups is 2. The van der Waals surface area contributed by atoms with Crippen molar-refractivity contribution in [3.8, 4) is 0 Å². The van der Waals surface area contributed by atoms with E-state index >= 15 is 0 Å². The molecule has 1 amide bonds. The van der Waals surface area contributed by atoms with Crippen molar-refractivity contribution in [1.82, 2.24) is 4.98 Å². The first-order chi connectivity index (χ1) is 13.8. The smallest absolute Gasteiger partial charge is 0.294 e. The average molecular weight is 429 g/mol. The van der Waals surface area contributed by atoms with E-state index in [0.717, 1.165) is 10.6 Å². The number of nitrogens with zero attached hydrogens (tertiary/aromatic N) is 2. The molecule has 0 aliphatic carbocycles. The predicted octanol–water partition coefficient (Wildman–Crippen LogP) is 5.10. The van der Waals surface area contributed by atoms with Crippen molar-refractivity contribution >= 4 is 40.3 Å². The molecular formula is C21H17ClN2O4S. The second-order valence-corrected chi connectivity index (χ2v) is 8.40. The number of hydrogen-bond donors (Lipinski definition) is 1. The molecule has 0 spiro atoms. The number of thiazole rings is 1. The molecular weight excluding hydrogens is 412 g/mol. The molecule has 4 rings (SSSR count). The van der Waals surface area contributed by atoms with E-state index < -0.39 is 23.5 Å². The molecule has 0 saturated heterocycles. The van der Waals surface area contributed by atoms with Gasteiger partial charge in [0.15, 0.2) is 5.76 Å². The first-order valence-corrected chi connectivity index (χ1v) is 10.0. The first-order valence-electron chi connectivity index (χ1n) is 8.84. The molecule has 8 heteroatoms. The van der Waals surface area contributed by atoms with E-state index in [-0.39, 0.29) is 5.57 Å². The molecule has 1 aliphatic heterocycles. The second kappa shape index (κ2) is 7.17. The first kappa shape index (κ1) is 19.4.